The van der Waals surface area contributed by atoms with Gasteiger partial charge in [-0.3, -0.25) is 0 Å². The van der Waals surface area contributed by atoms with E-state index in [4.69, 9.17) is 4.74 Å². The molecule has 2 rings (SSSR count). The molecule has 118 valence electrons. The number of aromatic nitrogens is 1. The third-order valence-electron chi connectivity index (χ3n) is 4.06. The molecule has 1 aliphatic carbocycles. The molecule has 0 saturated heterocycles. The van der Waals surface area contributed by atoms with Crippen LogP contribution in [0.25, 0.3) is 0 Å². The predicted octanol–water partition coefficient (Wildman–Crippen LogP) is 2.43. The van der Waals surface area contributed by atoms with Crippen LogP contribution in [0.5, 0.6) is 5.88 Å². The van der Waals surface area contributed by atoms with E-state index >= 15 is 0 Å². The molecule has 0 amide bonds. The van der Waals surface area contributed by atoms with Gasteiger partial charge in [0.15, 0.2) is 0 Å². The molecule has 5 nitrogen and oxygen atoms in total. The van der Waals surface area contributed by atoms with Gasteiger partial charge in [-0.1, -0.05) is 25.3 Å². The van der Waals surface area contributed by atoms with Crippen molar-refractivity contribution in [3.63, 3.8) is 0 Å². The predicted molar refractivity (Wildman–Crippen MR) is 82.6 cm³/mol. The largest absolute Gasteiger partial charge is 0.481 e. The summed E-state index contributed by atoms with van der Waals surface area (Å²) < 4.78 is 31.2. The highest BCUT2D eigenvalue weighted by atomic mass is 32.2. The second-order valence-corrected chi connectivity index (χ2v) is 7.87. The Bertz CT molecular complexity index is 537. The summed E-state index contributed by atoms with van der Waals surface area (Å²) in [5.41, 5.74) is 0.866. The minimum Gasteiger partial charge on any atom is -0.481 e. The van der Waals surface area contributed by atoms with Crippen molar-refractivity contribution >= 4 is 10.0 Å². The normalized spacial score (nSPS) is 17.1. The fourth-order valence-electron chi connectivity index (χ4n) is 2.76. The highest BCUT2D eigenvalue weighted by molar-refractivity contribution is 7.89. The van der Waals surface area contributed by atoms with Gasteiger partial charge in [0.25, 0.3) is 0 Å². The number of rotatable bonds is 6. The van der Waals surface area contributed by atoms with E-state index < -0.39 is 10.0 Å². The quantitative estimate of drug-likeness (QED) is 0.809. The van der Waals surface area contributed by atoms with Crippen molar-refractivity contribution < 1.29 is 13.2 Å². The summed E-state index contributed by atoms with van der Waals surface area (Å²) >= 11 is 0. The van der Waals surface area contributed by atoms with Crippen molar-refractivity contribution in [2.45, 2.75) is 38.6 Å². The SMILES string of the molecule is COc1ccc(CN(C)S(=O)(=O)CC2CCCCC2)cn1. The molecule has 0 spiro atoms. The maximum absolute atomic E-state index is 12.4. The van der Waals surface area contributed by atoms with Gasteiger partial charge in [-0.2, -0.15) is 0 Å². The van der Waals surface area contributed by atoms with Crippen molar-refractivity contribution in [3.05, 3.63) is 23.9 Å². The molecule has 0 bridgehead atoms. The van der Waals surface area contributed by atoms with Crippen LogP contribution in [0.4, 0.5) is 0 Å². The van der Waals surface area contributed by atoms with Gasteiger partial charge in [0, 0.05) is 25.9 Å². The highest BCUT2D eigenvalue weighted by Crippen LogP contribution is 2.25. The molecule has 0 N–H and O–H groups in total. The molecule has 0 unspecified atom stereocenters. The summed E-state index contributed by atoms with van der Waals surface area (Å²) in [7, 11) is 0.0000739. The topological polar surface area (TPSA) is 59.5 Å². The van der Waals surface area contributed by atoms with Crippen LogP contribution in [0, 0.1) is 5.92 Å². The first-order chi connectivity index (χ1) is 10.0. The zero-order valence-corrected chi connectivity index (χ0v) is 13.6. The Labute approximate surface area is 127 Å². The van der Waals surface area contributed by atoms with Crippen LogP contribution >= 0.6 is 0 Å². The van der Waals surface area contributed by atoms with Crippen molar-refractivity contribution in [1.29, 1.82) is 0 Å². The zero-order chi connectivity index (χ0) is 15.3. The van der Waals surface area contributed by atoms with Crippen LogP contribution in [0.2, 0.25) is 0 Å². The van der Waals surface area contributed by atoms with Gasteiger partial charge in [0.05, 0.1) is 12.9 Å². The Balaban J connectivity index is 1.94. The van der Waals surface area contributed by atoms with Crippen molar-refractivity contribution in [2.24, 2.45) is 5.92 Å². The number of methoxy groups -OCH3 is 1. The van der Waals surface area contributed by atoms with Crippen molar-refractivity contribution in [2.75, 3.05) is 19.9 Å². The number of ether oxygens (including phenoxy) is 1. The van der Waals surface area contributed by atoms with E-state index in [-0.39, 0.29) is 5.75 Å². The lowest BCUT2D eigenvalue weighted by Gasteiger charge is -2.24. The third-order valence-corrected chi connectivity index (χ3v) is 6.03. The van der Waals surface area contributed by atoms with E-state index in [1.165, 1.54) is 10.7 Å². The van der Waals surface area contributed by atoms with E-state index in [0.717, 1.165) is 31.2 Å². The van der Waals surface area contributed by atoms with Crippen molar-refractivity contribution in [1.82, 2.24) is 9.29 Å². The Kier molecular flexibility index (Phi) is 5.58. The molecule has 0 aromatic carbocycles. The highest BCUT2D eigenvalue weighted by Gasteiger charge is 2.25. The smallest absolute Gasteiger partial charge is 0.214 e. The van der Waals surface area contributed by atoms with Crippen LogP contribution in [-0.2, 0) is 16.6 Å². The fourth-order valence-corrected chi connectivity index (χ4v) is 4.29. The molecule has 1 fully saturated rings. The lowest BCUT2D eigenvalue weighted by Crippen LogP contribution is -2.32. The maximum Gasteiger partial charge on any atom is 0.214 e. The van der Waals surface area contributed by atoms with Gasteiger partial charge >= 0.3 is 0 Å². The Morgan fingerprint density at radius 2 is 2.00 bits per heavy atom. The molecule has 1 aromatic rings. The minimum atomic E-state index is -3.20. The van der Waals surface area contributed by atoms with Gasteiger partial charge in [0.2, 0.25) is 15.9 Å². The number of nitrogens with zero attached hydrogens (tertiary/aromatic N) is 2. The minimum absolute atomic E-state index is 0.271. The van der Waals surface area contributed by atoms with E-state index in [0.29, 0.717) is 18.3 Å². The number of pyridine rings is 1. The molecule has 6 heteroatoms. The molecule has 1 aliphatic rings. The second kappa shape index (κ2) is 7.22. The number of sulfonamides is 1. The number of hydrogen-bond acceptors (Lipinski definition) is 4. The first-order valence-corrected chi connectivity index (χ1v) is 9.05. The summed E-state index contributed by atoms with van der Waals surface area (Å²) in [6.07, 6.45) is 7.29. The summed E-state index contributed by atoms with van der Waals surface area (Å²) in [6, 6.07) is 3.59. The molecule has 0 atom stereocenters. The van der Waals surface area contributed by atoms with Crippen LogP contribution < -0.4 is 4.74 Å². The van der Waals surface area contributed by atoms with Crippen LogP contribution in [0.1, 0.15) is 37.7 Å². The average molecular weight is 312 g/mol. The van der Waals surface area contributed by atoms with Crippen LogP contribution in [0.15, 0.2) is 18.3 Å². The average Bonchev–Trinajstić information content (AvgIpc) is 2.48. The molecular weight excluding hydrogens is 288 g/mol. The monoisotopic (exact) mass is 312 g/mol. The van der Waals surface area contributed by atoms with Gasteiger partial charge in [-0.05, 0) is 24.3 Å². The number of hydrogen-bond donors (Lipinski definition) is 0. The molecule has 0 radical (unpaired) electrons. The molecule has 1 heterocycles. The molecule has 0 aliphatic heterocycles. The lowest BCUT2D eigenvalue weighted by molar-refractivity contribution is 0.374. The van der Waals surface area contributed by atoms with Gasteiger partial charge in [0.1, 0.15) is 0 Å². The Morgan fingerprint density at radius 3 is 2.57 bits per heavy atom. The summed E-state index contributed by atoms with van der Waals surface area (Å²) in [5, 5.41) is 0. The Morgan fingerprint density at radius 1 is 1.29 bits per heavy atom. The van der Waals surface area contributed by atoms with E-state index in [9.17, 15) is 8.42 Å². The maximum atomic E-state index is 12.4. The standard InChI is InChI=1S/C15H24N2O3S/c1-17(11-14-8-9-15(20-2)16-10-14)21(18,19)12-13-6-4-3-5-7-13/h8-10,13H,3-7,11-12H2,1-2H3. The van der Waals surface area contributed by atoms with E-state index in [2.05, 4.69) is 4.98 Å². The third kappa shape index (κ3) is 4.68. The van der Waals surface area contributed by atoms with Gasteiger partial charge < -0.3 is 4.74 Å². The van der Waals surface area contributed by atoms with Crippen LogP contribution in [-0.4, -0.2) is 37.6 Å². The summed E-state index contributed by atoms with van der Waals surface area (Å²) in [6.45, 7) is 0.353. The summed E-state index contributed by atoms with van der Waals surface area (Å²) in [5.74, 6) is 1.12. The lowest BCUT2D eigenvalue weighted by atomic mass is 9.91. The molecule has 1 saturated carbocycles. The summed E-state index contributed by atoms with van der Waals surface area (Å²) in [4.78, 5) is 4.10. The molecular formula is C15H24N2O3S. The van der Waals surface area contributed by atoms with E-state index in [1.54, 1.807) is 26.4 Å². The van der Waals surface area contributed by atoms with Gasteiger partial charge in [-0.25, -0.2) is 17.7 Å². The molecule has 21 heavy (non-hydrogen) atoms. The Hall–Kier alpha value is -1.14. The van der Waals surface area contributed by atoms with Crippen LogP contribution in [0.3, 0.4) is 0 Å². The van der Waals surface area contributed by atoms with E-state index in [1.807, 2.05) is 6.07 Å². The molecule has 1 aromatic heterocycles. The van der Waals surface area contributed by atoms with Gasteiger partial charge in [-0.15, -0.1) is 0 Å². The van der Waals surface area contributed by atoms with Crippen molar-refractivity contribution in [3.8, 4) is 5.88 Å². The first kappa shape index (κ1) is 16.2. The first-order valence-electron chi connectivity index (χ1n) is 7.44. The zero-order valence-electron chi connectivity index (χ0n) is 12.8. The second-order valence-electron chi connectivity index (χ2n) is 5.75. The fraction of sp³-hybridized carbons (Fsp3) is 0.667.